The Balaban J connectivity index is 1.71. The van der Waals surface area contributed by atoms with E-state index in [0.717, 1.165) is 50.2 Å². The van der Waals surface area contributed by atoms with Crippen molar-refractivity contribution in [3.63, 3.8) is 0 Å². The molecule has 0 aliphatic carbocycles. The number of benzene rings is 2. The molecule has 2 N–H and O–H groups in total. The van der Waals surface area contributed by atoms with Gasteiger partial charge in [-0.3, -0.25) is 9.59 Å². The highest BCUT2D eigenvalue weighted by Crippen LogP contribution is 2.28. The standard InChI is InChI=1S/C25H33N3O4/c1-3-4-16-32-21-10-7-19(8-11-21)24(29)27-20-9-12-23(28-14-5-6-15-28)22(18-20)25(30)26-13-17-31-2/h7-12,18H,3-6,13-17H2,1-2H3,(H,26,30)(H,27,29). The number of carbonyl (C=O) groups is 2. The molecule has 0 aromatic heterocycles. The van der Waals surface area contributed by atoms with Crippen LogP contribution in [0.5, 0.6) is 5.75 Å². The van der Waals surface area contributed by atoms with Crippen LogP contribution in [-0.4, -0.2) is 51.8 Å². The smallest absolute Gasteiger partial charge is 0.255 e. The van der Waals surface area contributed by atoms with E-state index < -0.39 is 0 Å². The van der Waals surface area contributed by atoms with Crippen molar-refractivity contribution in [1.29, 1.82) is 0 Å². The number of nitrogens with zero attached hydrogens (tertiary/aromatic N) is 1. The van der Waals surface area contributed by atoms with Gasteiger partial charge in [0.15, 0.2) is 0 Å². The number of ether oxygens (including phenoxy) is 2. The second kappa shape index (κ2) is 12.1. The molecule has 0 radical (unpaired) electrons. The predicted octanol–water partition coefficient (Wildman–Crippen LogP) is 4.09. The van der Waals surface area contributed by atoms with Gasteiger partial charge in [0.25, 0.3) is 11.8 Å². The lowest BCUT2D eigenvalue weighted by Gasteiger charge is -2.22. The zero-order valence-electron chi connectivity index (χ0n) is 19.0. The molecule has 0 atom stereocenters. The number of nitrogens with one attached hydrogen (secondary N) is 2. The first-order chi connectivity index (χ1) is 15.6. The highest BCUT2D eigenvalue weighted by molar-refractivity contribution is 6.06. The van der Waals surface area contributed by atoms with Gasteiger partial charge in [-0.25, -0.2) is 0 Å². The molecule has 2 aromatic rings. The lowest BCUT2D eigenvalue weighted by atomic mass is 10.1. The zero-order valence-corrected chi connectivity index (χ0v) is 19.0. The Hall–Kier alpha value is -3.06. The van der Waals surface area contributed by atoms with E-state index in [1.54, 1.807) is 37.4 Å². The van der Waals surface area contributed by atoms with Crippen molar-refractivity contribution in [2.75, 3.05) is 50.2 Å². The minimum Gasteiger partial charge on any atom is -0.494 e. The van der Waals surface area contributed by atoms with Crippen molar-refractivity contribution in [3.05, 3.63) is 53.6 Å². The Labute approximate surface area is 190 Å². The quantitative estimate of drug-likeness (QED) is 0.516. The molecule has 172 valence electrons. The average molecular weight is 440 g/mol. The summed E-state index contributed by atoms with van der Waals surface area (Å²) < 4.78 is 10.7. The van der Waals surface area contributed by atoms with Gasteiger partial charge in [0.2, 0.25) is 0 Å². The topological polar surface area (TPSA) is 79.9 Å². The average Bonchev–Trinajstić information content (AvgIpc) is 3.34. The Kier molecular flexibility index (Phi) is 8.92. The molecule has 3 rings (SSSR count). The number of carbonyl (C=O) groups excluding carboxylic acids is 2. The van der Waals surface area contributed by atoms with Crippen LogP contribution < -0.4 is 20.3 Å². The van der Waals surface area contributed by atoms with Crippen LogP contribution in [-0.2, 0) is 4.74 Å². The van der Waals surface area contributed by atoms with E-state index in [0.29, 0.717) is 36.6 Å². The van der Waals surface area contributed by atoms with Crippen LogP contribution in [0.1, 0.15) is 53.3 Å². The van der Waals surface area contributed by atoms with Crippen LogP contribution >= 0.6 is 0 Å². The summed E-state index contributed by atoms with van der Waals surface area (Å²) in [4.78, 5) is 27.8. The molecule has 2 aromatic carbocycles. The molecule has 1 saturated heterocycles. The van der Waals surface area contributed by atoms with E-state index >= 15 is 0 Å². The largest absolute Gasteiger partial charge is 0.494 e. The summed E-state index contributed by atoms with van der Waals surface area (Å²) >= 11 is 0. The second-order valence-corrected chi connectivity index (χ2v) is 7.86. The monoisotopic (exact) mass is 439 g/mol. The summed E-state index contributed by atoms with van der Waals surface area (Å²) in [6.45, 7) is 5.51. The fourth-order valence-corrected chi connectivity index (χ4v) is 3.63. The first-order valence-corrected chi connectivity index (χ1v) is 11.3. The van der Waals surface area contributed by atoms with E-state index in [4.69, 9.17) is 9.47 Å². The van der Waals surface area contributed by atoms with Crippen LogP contribution in [0, 0.1) is 0 Å². The van der Waals surface area contributed by atoms with Crippen molar-refractivity contribution < 1.29 is 19.1 Å². The van der Waals surface area contributed by atoms with E-state index in [1.165, 1.54) is 0 Å². The first kappa shape index (κ1) is 23.6. The molecule has 7 heteroatoms. The molecule has 1 heterocycles. The van der Waals surface area contributed by atoms with Crippen molar-refractivity contribution in [3.8, 4) is 5.75 Å². The van der Waals surface area contributed by atoms with Gasteiger partial charge < -0.3 is 25.0 Å². The van der Waals surface area contributed by atoms with Gasteiger partial charge in [0.05, 0.1) is 18.8 Å². The van der Waals surface area contributed by atoms with Gasteiger partial charge in [-0.1, -0.05) is 13.3 Å². The summed E-state index contributed by atoms with van der Waals surface area (Å²) in [6, 6.07) is 12.6. The van der Waals surface area contributed by atoms with E-state index in [1.807, 2.05) is 12.1 Å². The van der Waals surface area contributed by atoms with Crippen LogP contribution in [0.25, 0.3) is 0 Å². The molecule has 1 fully saturated rings. The Morgan fingerprint density at radius 2 is 1.75 bits per heavy atom. The Morgan fingerprint density at radius 1 is 1.00 bits per heavy atom. The normalized spacial score (nSPS) is 13.1. The number of anilines is 2. The highest BCUT2D eigenvalue weighted by Gasteiger charge is 2.20. The zero-order chi connectivity index (χ0) is 22.8. The molecule has 32 heavy (non-hydrogen) atoms. The molecule has 1 aliphatic rings. The maximum atomic E-state index is 12.8. The van der Waals surface area contributed by atoms with Crippen LogP contribution in [0.15, 0.2) is 42.5 Å². The van der Waals surface area contributed by atoms with Gasteiger partial charge in [0, 0.05) is 43.7 Å². The molecule has 2 amide bonds. The molecule has 7 nitrogen and oxygen atoms in total. The molecule has 0 unspecified atom stereocenters. The van der Waals surface area contributed by atoms with Crippen LogP contribution in [0.4, 0.5) is 11.4 Å². The number of amides is 2. The summed E-state index contributed by atoms with van der Waals surface area (Å²) in [7, 11) is 1.60. The molecule has 1 aliphatic heterocycles. The lowest BCUT2D eigenvalue weighted by Crippen LogP contribution is -2.30. The Morgan fingerprint density at radius 3 is 2.44 bits per heavy atom. The number of methoxy groups -OCH3 is 1. The molecular formula is C25H33N3O4. The van der Waals surface area contributed by atoms with Crippen LogP contribution in [0.2, 0.25) is 0 Å². The van der Waals surface area contributed by atoms with Gasteiger partial charge in [-0.15, -0.1) is 0 Å². The molecule has 0 spiro atoms. The summed E-state index contributed by atoms with van der Waals surface area (Å²) in [5.41, 5.74) is 2.56. The molecule has 0 saturated carbocycles. The fourth-order valence-electron chi connectivity index (χ4n) is 3.63. The van der Waals surface area contributed by atoms with Crippen LogP contribution in [0.3, 0.4) is 0 Å². The third-order valence-electron chi connectivity index (χ3n) is 5.42. The molecule has 0 bridgehead atoms. The van der Waals surface area contributed by atoms with E-state index in [9.17, 15) is 9.59 Å². The number of unbranched alkanes of at least 4 members (excludes halogenated alkanes) is 1. The van der Waals surface area contributed by atoms with Crippen molar-refractivity contribution >= 4 is 23.2 Å². The fraction of sp³-hybridized carbons (Fsp3) is 0.440. The number of hydrogen-bond acceptors (Lipinski definition) is 5. The van der Waals surface area contributed by atoms with Gasteiger partial charge in [-0.2, -0.15) is 0 Å². The first-order valence-electron chi connectivity index (χ1n) is 11.3. The van der Waals surface area contributed by atoms with Crippen molar-refractivity contribution in [2.24, 2.45) is 0 Å². The van der Waals surface area contributed by atoms with Gasteiger partial charge in [-0.05, 0) is 61.7 Å². The minimum atomic E-state index is -0.232. The summed E-state index contributed by atoms with van der Waals surface area (Å²) in [6.07, 6.45) is 4.29. The number of hydrogen-bond donors (Lipinski definition) is 2. The maximum Gasteiger partial charge on any atom is 0.255 e. The summed E-state index contributed by atoms with van der Waals surface area (Å²) in [5, 5.41) is 5.79. The maximum absolute atomic E-state index is 12.8. The third kappa shape index (κ3) is 6.47. The summed E-state index contributed by atoms with van der Waals surface area (Å²) in [5.74, 6) is 0.346. The molecular weight excluding hydrogens is 406 g/mol. The highest BCUT2D eigenvalue weighted by atomic mass is 16.5. The van der Waals surface area contributed by atoms with E-state index in [-0.39, 0.29) is 11.8 Å². The number of rotatable bonds is 11. The van der Waals surface area contributed by atoms with Gasteiger partial charge in [0.1, 0.15) is 5.75 Å². The van der Waals surface area contributed by atoms with Crippen molar-refractivity contribution in [2.45, 2.75) is 32.6 Å². The second-order valence-electron chi connectivity index (χ2n) is 7.86. The van der Waals surface area contributed by atoms with Crippen molar-refractivity contribution in [1.82, 2.24) is 5.32 Å². The third-order valence-corrected chi connectivity index (χ3v) is 5.42. The van der Waals surface area contributed by atoms with E-state index in [2.05, 4.69) is 22.5 Å². The SMILES string of the molecule is CCCCOc1ccc(C(=O)Nc2ccc(N3CCCC3)c(C(=O)NCCOC)c2)cc1. The van der Waals surface area contributed by atoms with Gasteiger partial charge >= 0.3 is 0 Å². The minimum absolute atomic E-state index is 0.173. The lowest BCUT2D eigenvalue weighted by molar-refractivity contribution is 0.0936. The predicted molar refractivity (Wildman–Crippen MR) is 127 cm³/mol. The Bertz CT molecular complexity index is 893.